The largest absolute Gasteiger partial charge is 0.497 e. The van der Waals surface area contributed by atoms with Gasteiger partial charge in [0.1, 0.15) is 11.5 Å². The first-order valence-corrected chi connectivity index (χ1v) is 13.6. The van der Waals surface area contributed by atoms with E-state index in [-0.39, 0.29) is 10.9 Å². The van der Waals surface area contributed by atoms with Crippen LogP contribution in [0.3, 0.4) is 0 Å². The number of methoxy groups -OCH3 is 4. The average molecular weight is 527 g/mol. The lowest BCUT2D eigenvalue weighted by Crippen LogP contribution is -2.47. The Morgan fingerprint density at radius 1 is 0.784 bits per heavy atom. The van der Waals surface area contributed by atoms with E-state index in [0.29, 0.717) is 36.6 Å². The van der Waals surface area contributed by atoms with Gasteiger partial charge >= 0.3 is 0 Å². The normalized spacial score (nSPS) is 14.7. The zero-order chi connectivity index (χ0) is 26.4. The SMILES string of the molecule is COc1ccc(CN2CCC(N(c3ccc(OC)c(OC)c3)S(=O)(=O)c3ccccc3)CC2)c(OC)c1. The zero-order valence-electron chi connectivity index (χ0n) is 21.7. The molecule has 1 fully saturated rings. The Morgan fingerprint density at radius 2 is 1.46 bits per heavy atom. The van der Waals surface area contributed by atoms with Gasteiger partial charge in [0.05, 0.1) is 39.0 Å². The number of hydrogen-bond acceptors (Lipinski definition) is 7. The van der Waals surface area contributed by atoms with E-state index in [1.54, 1.807) is 75.2 Å². The molecule has 1 aliphatic rings. The maximum Gasteiger partial charge on any atom is 0.264 e. The number of likely N-dealkylation sites (tertiary alicyclic amines) is 1. The smallest absolute Gasteiger partial charge is 0.264 e. The van der Waals surface area contributed by atoms with Crippen molar-refractivity contribution in [2.75, 3.05) is 45.8 Å². The van der Waals surface area contributed by atoms with Gasteiger partial charge < -0.3 is 18.9 Å². The molecule has 0 radical (unpaired) electrons. The summed E-state index contributed by atoms with van der Waals surface area (Å²) in [7, 11) is 2.58. The summed E-state index contributed by atoms with van der Waals surface area (Å²) < 4.78 is 51.1. The van der Waals surface area contributed by atoms with Crippen LogP contribution in [0.5, 0.6) is 23.0 Å². The number of rotatable bonds is 10. The van der Waals surface area contributed by atoms with Crippen LogP contribution in [0.1, 0.15) is 18.4 Å². The lowest BCUT2D eigenvalue weighted by Gasteiger charge is -2.39. The van der Waals surface area contributed by atoms with Gasteiger partial charge in [-0.3, -0.25) is 9.21 Å². The van der Waals surface area contributed by atoms with Crippen molar-refractivity contribution in [3.63, 3.8) is 0 Å². The highest BCUT2D eigenvalue weighted by molar-refractivity contribution is 7.92. The Bertz CT molecular complexity index is 1290. The van der Waals surface area contributed by atoms with E-state index in [4.69, 9.17) is 18.9 Å². The molecule has 3 aromatic rings. The molecule has 37 heavy (non-hydrogen) atoms. The Hall–Kier alpha value is -3.43. The summed E-state index contributed by atoms with van der Waals surface area (Å²) in [5.74, 6) is 2.56. The topological polar surface area (TPSA) is 77.5 Å². The predicted molar refractivity (Wildman–Crippen MR) is 143 cm³/mol. The van der Waals surface area contributed by atoms with Crippen LogP contribution in [-0.2, 0) is 16.6 Å². The van der Waals surface area contributed by atoms with Crippen LogP contribution in [0.4, 0.5) is 5.69 Å². The van der Waals surface area contributed by atoms with Gasteiger partial charge in [-0.1, -0.05) is 24.3 Å². The molecule has 1 heterocycles. The molecule has 0 N–H and O–H groups in total. The average Bonchev–Trinajstić information content (AvgIpc) is 2.94. The van der Waals surface area contributed by atoms with E-state index in [2.05, 4.69) is 4.90 Å². The minimum Gasteiger partial charge on any atom is -0.497 e. The second kappa shape index (κ2) is 11.7. The van der Waals surface area contributed by atoms with Crippen molar-refractivity contribution in [1.82, 2.24) is 4.90 Å². The van der Waals surface area contributed by atoms with E-state index in [9.17, 15) is 8.42 Å². The lowest BCUT2D eigenvalue weighted by atomic mass is 10.0. The van der Waals surface area contributed by atoms with Crippen LogP contribution in [0.25, 0.3) is 0 Å². The van der Waals surface area contributed by atoms with Crippen LogP contribution in [0.15, 0.2) is 71.6 Å². The first kappa shape index (κ1) is 26.6. The number of benzene rings is 3. The van der Waals surface area contributed by atoms with Crippen molar-refractivity contribution in [3.05, 3.63) is 72.3 Å². The third-order valence-corrected chi connectivity index (χ3v) is 8.59. The highest BCUT2D eigenvalue weighted by atomic mass is 32.2. The van der Waals surface area contributed by atoms with Gasteiger partial charge in [-0.05, 0) is 43.2 Å². The standard InChI is InChI=1S/C28H34N2O6S/c1-33-24-12-10-21(27(19-24)35-3)20-29-16-14-22(15-17-29)30(37(31,32)25-8-6-5-7-9-25)23-11-13-26(34-2)28(18-23)36-4/h5-13,18-19,22H,14-17,20H2,1-4H3. The Labute approximate surface area is 219 Å². The first-order valence-electron chi connectivity index (χ1n) is 12.2. The van der Waals surface area contributed by atoms with Crippen LogP contribution in [0.2, 0.25) is 0 Å². The molecule has 0 amide bonds. The second-order valence-electron chi connectivity index (χ2n) is 8.84. The molecular formula is C28H34N2O6S. The summed E-state index contributed by atoms with van der Waals surface area (Å²) in [6.45, 7) is 2.20. The van der Waals surface area contributed by atoms with Gasteiger partial charge in [-0.15, -0.1) is 0 Å². The molecule has 0 atom stereocenters. The lowest BCUT2D eigenvalue weighted by molar-refractivity contribution is 0.204. The third-order valence-electron chi connectivity index (χ3n) is 6.70. The molecule has 0 spiro atoms. The van der Waals surface area contributed by atoms with E-state index in [1.165, 1.54) is 0 Å². The quantitative estimate of drug-likeness (QED) is 0.383. The molecule has 8 nitrogen and oxygen atoms in total. The summed E-state index contributed by atoms with van der Waals surface area (Å²) in [6, 6.07) is 19.4. The molecular weight excluding hydrogens is 492 g/mol. The molecule has 3 aromatic carbocycles. The molecule has 0 unspecified atom stereocenters. The zero-order valence-corrected chi connectivity index (χ0v) is 22.5. The molecule has 0 saturated carbocycles. The van der Waals surface area contributed by atoms with Gasteiger partial charge in [-0.2, -0.15) is 0 Å². The number of nitrogens with zero attached hydrogens (tertiary/aromatic N) is 2. The summed E-state index contributed by atoms with van der Waals surface area (Å²) in [6.07, 6.45) is 1.36. The van der Waals surface area contributed by atoms with Crippen LogP contribution >= 0.6 is 0 Å². The highest BCUT2D eigenvalue weighted by Gasteiger charge is 2.34. The van der Waals surface area contributed by atoms with Crippen molar-refractivity contribution in [2.24, 2.45) is 0 Å². The first-order chi connectivity index (χ1) is 17.9. The molecule has 9 heteroatoms. The number of ether oxygens (including phenoxy) is 4. The molecule has 0 aromatic heterocycles. The fourth-order valence-corrected chi connectivity index (χ4v) is 6.47. The van der Waals surface area contributed by atoms with Crippen LogP contribution < -0.4 is 23.3 Å². The maximum absolute atomic E-state index is 13.9. The van der Waals surface area contributed by atoms with Gasteiger partial charge in [0.15, 0.2) is 11.5 Å². The fraction of sp³-hybridized carbons (Fsp3) is 0.357. The highest BCUT2D eigenvalue weighted by Crippen LogP contribution is 2.37. The molecule has 0 bridgehead atoms. The van der Waals surface area contributed by atoms with Gasteiger partial charge in [0, 0.05) is 43.4 Å². The molecule has 1 saturated heterocycles. The van der Waals surface area contributed by atoms with Crippen molar-refractivity contribution in [1.29, 1.82) is 0 Å². The molecule has 1 aliphatic heterocycles. The van der Waals surface area contributed by atoms with Crippen molar-refractivity contribution < 1.29 is 27.4 Å². The predicted octanol–water partition coefficient (Wildman–Crippen LogP) is 4.58. The van der Waals surface area contributed by atoms with E-state index in [0.717, 1.165) is 30.2 Å². The molecule has 0 aliphatic carbocycles. The summed E-state index contributed by atoms with van der Waals surface area (Å²) in [4.78, 5) is 2.58. The van der Waals surface area contributed by atoms with E-state index < -0.39 is 10.0 Å². The Kier molecular flexibility index (Phi) is 8.45. The van der Waals surface area contributed by atoms with E-state index in [1.807, 2.05) is 24.3 Å². The minimum atomic E-state index is -3.81. The van der Waals surface area contributed by atoms with E-state index >= 15 is 0 Å². The van der Waals surface area contributed by atoms with Gasteiger partial charge in [-0.25, -0.2) is 8.42 Å². The third kappa shape index (κ3) is 5.78. The summed E-state index contributed by atoms with van der Waals surface area (Å²) in [5, 5.41) is 0. The van der Waals surface area contributed by atoms with Gasteiger partial charge in [0.25, 0.3) is 10.0 Å². The Morgan fingerprint density at radius 3 is 2.08 bits per heavy atom. The summed E-state index contributed by atoms with van der Waals surface area (Å²) in [5.41, 5.74) is 1.62. The van der Waals surface area contributed by atoms with Crippen LogP contribution in [0, 0.1) is 0 Å². The molecule has 4 rings (SSSR count). The second-order valence-corrected chi connectivity index (χ2v) is 10.7. The van der Waals surface area contributed by atoms with Crippen molar-refractivity contribution in [2.45, 2.75) is 30.3 Å². The number of hydrogen-bond donors (Lipinski definition) is 0. The van der Waals surface area contributed by atoms with Crippen molar-refractivity contribution >= 4 is 15.7 Å². The molecule has 198 valence electrons. The number of anilines is 1. The fourth-order valence-electron chi connectivity index (χ4n) is 4.75. The van der Waals surface area contributed by atoms with Crippen molar-refractivity contribution in [3.8, 4) is 23.0 Å². The van der Waals surface area contributed by atoms with Gasteiger partial charge in [0.2, 0.25) is 0 Å². The number of sulfonamides is 1. The number of piperidine rings is 1. The minimum absolute atomic E-state index is 0.211. The van der Waals surface area contributed by atoms with Crippen LogP contribution in [-0.4, -0.2) is 60.9 Å². The Balaban J connectivity index is 1.60. The summed E-state index contributed by atoms with van der Waals surface area (Å²) >= 11 is 0. The monoisotopic (exact) mass is 526 g/mol. The maximum atomic E-state index is 13.9.